The highest BCUT2D eigenvalue weighted by Crippen LogP contribution is 2.29. The van der Waals surface area contributed by atoms with Crippen LogP contribution in [0, 0.1) is 28.7 Å². The minimum absolute atomic E-state index is 0.0551. The number of nitro groups is 1. The number of nitrogens with one attached hydrogen (secondary N) is 1. The molecule has 2 rings (SSSR count). The third-order valence-corrected chi connectivity index (χ3v) is 3.91. The molecule has 2 aromatic carbocycles. The molecule has 0 saturated heterocycles. The molecule has 0 saturated carbocycles. The number of aryl methyl sites for hydroxylation is 1. The summed E-state index contributed by atoms with van der Waals surface area (Å²) in [5.41, 5.74) is 0.509. The molecule has 7 heteroatoms. The summed E-state index contributed by atoms with van der Waals surface area (Å²) in [4.78, 5) is 10.3. The molecular formula is C14H11BrF2N2O2. The van der Waals surface area contributed by atoms with Crippen LogP contribution in [0.5, 0.6) is 0 Å². The van der Waals surface area contributed by atoms with Crippen molar-refractivity contribution in [1.29, 1.82) is 0 Å². The van der Waals surface area contributed by atoms with Crippen molar-refractivity contribution in [2.45, 2.75) is 13.5 Å². The van der Waals surface area contributed by atoms with Crippen LogP contribution in [0.4, 0.5) is 20.2 Å². The average molecular weight is 357 g/mol. The summed E-state index contributed by atoms with van der Waals surface area (Å²) in [7, 11) is 0. The lowest BCUT2D eigenvalue weighted by molar-refractivity contribution is -0.385. The van der Waals surface area contributed by atoms with E-state index in [0.29, 0.717) is 11.1 Å². The van der Waals surface area contributed by atoms with Crippen molar-refractivity contribution in [2.75, 3.05) is 5.32 Å². The van der Waals surface area contributed by atoms with Gasteiger partial charge in [0.05, 0.1) is 4.92 Å². The predicted octanol–water partition coefficient (Wildman–Crippen LogP) is 4.56. The highest BCUT2D eigenvalue weighted by Gasteiger charge is 2.16. The zero-order valence-electron chi connectivity index (χ0n) is 11.0. The Morgan fingerprint density at radius 3 is 2.67 bits per heavy atom. The normalized spacial score (nSPS) is 10.5. The highest BCUT2D eigenvalue weighted by atomic mass is 79.9. The van der Waals surface area contributed by atoms with E-state index in [0.717, 1.165) is 0 Å². The number of nitrogens with zero attached hydrogens (tertiary/aromatic N) is 1. The molecule has 0 bridgehead atoms. The molecule has 21 heavy (non-hydrogen) atoms. The second-order valence-electron chi connectivity index (χ2n) is 4.41. The molecule has 0 aromatic heterocycles. The number of hydrogen-bond acceptors (Lipinski definition) is 3. The SMILES string of the molecule is Cc1ccc(F)c(NCc2cccc([N+](=O)[O-])c2Br)c1F. The standard InChI is InChI=1S/C14H11BrF2N2O2/c1-8-5-6-10(16)14(13(8)17)18-7-9-3-2-4-11(12(9)15)19(20)21/h2-6,18H,7H2,1H3. The van der Waals surface area contributed by atoms with E-state index >= 15 is 0 Å². The van der Waals surface area contributed by atoms with Gasteiger partial charge >= 0.3 is 0 Å². The fourth-order valence-corrected chi connectivity index (χ4v) is 2.40. The maximum Gasteiger partial charge on any atom is 0.283 e. The first-order valence-electron chi connectivity index (χ1n) is 6.02. The van der Waals surface area contributed by atoms with Gasteiger partial charge in [-0.15, -0.1) is 0 Å². The summed E-state index contributed by atoms with van der Waals surface area (Å²) < 4.78 is 27.8. The van der Waals surface area contributed by atoms with Crippen molar-refractivity contribution < 1.29 is 13.7 Å². The van der Waals surface area contributed by atoms with Crippen molar-refractivity contribution >= 4 is 27.3 Å². The number of nitro benzene ring substituents is 1. The quantitative estimate of drug-likeness (QED) is 0.645. The Morgan fingerprint density at radius 2 is 2.00 bits per heavy atom. The number of hydrogen-bond donors (Lipinski definition) is 1. The predicted molar refractivity (Wildman–Crippen MR) is 79.2 cm³/mol. The maximum absolute atomic E-state index is 13.9. The van der Waals surface area contributed by atoms with Gasteiger partial charge in [-0.1, -0.05) is 18.2 Å². The first-order chi connectivity index (χ1) is 9.91. The molecular weight excluding hydrogens is 346 g/mol. The molecule has 0 aliphatic rings. The Morgan fingerprint density at radius 1 is 1.29 bits per heavy atom. The smallest absolute Gasteiger partial charge is 0.283 e. The molecule has 0 fully saturated rings. The van der Waals surface area contributed by atoms with Crippen molar-refractivity contribution in [3.8, 4) is 0 Å². The minimum atomic E-state index is -0.709. The number of rotatable bonds is 4. The molecule has 0 radical (unpaired) electrons. The number of anilines is 1. The van der Waals surface area contributed by atoms with Gasteiger partial charge in [0.15, 0.2) is 5.82 Å². The van der Waals surface area contributed by atoms with Gasteiger partial charge in [0.25, 0.3) is 5.69 Å². The van der Waals surface area contributed by atoms with E-state index in [9.17, 15) is 18.9 Å². The van der Waals surface area contributed by atoms with E-state index in [1.54, 1.807) is 6.07 Å². The zero-order valence-corrected chi connectivity index (χ0v) is 12.6. The molecule has 4 nitrogen and oxygen atoms in total. The average Bonchev–Trinajstić information content (AvgIpc) is 2.44. The van der Waals surface area contributed by atoms with E-state index in [2.05, 4.69) is 21.2 Å². The molecule has 0 aliphatic carbocycles. The molecule has 2 aromatic rings. The van der Waals surface area contributed by atoms with Crippen molar-refractivity contribution in [2.24, 2.45) is 0 Å². The van der Waals surface area contributed by atoms with Gasteiger partial charge in [0.2, 0.25) is 0 Å². The van der Waals surface area contributed by atoms with Crippen LogP contribution in [0.15, 0.2) is 34.8 Å². The zero-order chi connectivity index (χ0) is 15.6. The second-order valence-corrected chi connectivity index (χ2v) is 5.21. The molecule has 1 N–H and O–H groups in total. The van der Waals surface area contributed by atoms with Crippen LogP contribution in [0.1, 0.15) is 11.1 Å². The first-order valence-corrected chi connectivity index (χ1v) is 6.81. The van der Waals surface area contributed by atoms with E-state index in [1.165, 1.54) is 31.2 Å². The lowest BCUT2D eigenvalue weighted by atomic mass is 10.1. The van der Waals surface area contributed by atoms with Gasteiger partial charge in [-0.05, 0) is 40.0 Å². The Bertz CT molecular complexity index is 708. The van der Waals surface area contributed by atoms with Crippen LogP contribution < -0.4 is 5.32 Å². The van der Waals surface area contributed by atoms with E-state index in [4.69, 9.17) is 0 Å². The van der Waals surface area contributed by atoms with Gasteiger partial charge in [-0.25, -0.2) is 8.78 Å². The summed E-state index contributed by atoms with van der Waals surface area (Å²) >= 11 is 3.14. The van der Waals surface area contributed by atoms with Crippen molar-refractivity contribution in [3.05, 3.63) is 67.7 Å². The monoisotopic (exact) mass is 356 g/mol. The fraction of sp³-hybridized carbons (Fsp3) is 0.143. The summed E-state index contributed by atoms with van der Waals surface area (Å²) in [6.07, 6.45) is 0. The highest BCUT2D eigenvalue weighted by molar-refractivity contribution is 9.10. The Balaban J connectivity index is 2.27. The van der Waals surface area contributed by atoms with Crippen LogP contribution >= 0.6 is 15.9 Å². The summed E-state index contributed by atoms with van der Waals surface area (Å²) in [5.74, 6) is -1.38. The molecule has 0 atom stereocenters. The Kier molecular flexibility index (Phi) is 4.52. The third kappa shape index (κ3) is 3.18. The van der Waals surface area contributed by atoms with Gasteiger partial charge in [-0.2, -0.15) is 0 Å². The number of halogens is 3. The van der Waals surface area contributed by atoms with E-state index < -0.39 is 16.6 Å². The molecule has 0 amide bonds. The summed E-state index contributed by atoms with van der Waals surface area (Å²) in [6.45, 7) is 1.59. The second kappa shape index (κ2) is 6.17. The van der Waals surface area contributed by atoms with E-state index in [1.807, 2.05) is 0 Å². The molecule has 0 unspecified atom stereocenters. The number of benzene rings is 2. The van der Waals surface area contributed by atoms with Crippen LogP contribution in [0.25, 0.3) is 0 Å². The maximum atomic E-state index is 13.9. The first kappa shape index (κ1) is 15.4. The van der Waals surface area contributed by atoms with Crippen LogP contribution in [-0.2, 0) is 6.54 Å². The molecule has 110 valence electrons. The lowest BCUT2D eigenvalue weighted by Crippen LogP contribution is -2.06. The van der Waals surface area contributed by atoms with Crippen molar-refractivity contribution in [3.63, 3.8) is 0 Å². The van der Waals surface area contributed by atoms with Gasteiger partial charge in [0.1, 0.15) is 16.0 Å². The van der Waals surface area contributed by atoms with Gasteiger partial charge in [0, 0.05) is 12.6 Å². The van der Waals surface area contributed by atoms with Gasteiger partial charge < -0.3 is 5.32 Å². The van der Waals surface area contributed by atoms with Crippen LogP contribution in [0.3, 0.4) is 0 Å². The Labute approximate surface area is 128 Å². The summed E-state index contributed by atoms with van der Waals surface area (Å²) in [6, 6.07) is 7.02. The molecule has 0 spiro atoms. The largest absolute Gasteiger partial charge is 0.376 e. The molecule has 0 heterocycles. The molecule has 0 aliphatic heterocycles. The van der Waals surface area contributed by atoms with Crippen molar-refractivity contribution in [1.82, 2.24) is 0 Å². The lowest BCUT2D eigenvalue weighted by Gasteiger charge is -2.11. The third-order valence-electron chi connectivity index (χ3n) is 2.99. The fourth-order valence-electron chi connectivity index (χ4n) is 1.85. The van der Waals surface area contributed by atoms with Gasteiger partial charge in [-0.3, -0.25) is 10.1 Å². The minimum Gasteiger partial charge on any atom is -0.376 e. The Hall–Kier alpha value is -2.02. The van der Waals surface area contributed by atoms with Crippen LogP contribution in [-0.4, -0.2) is 4.92 Å². The van der Waals surface area contributed by atoms with Crippen LogP contribution in [0.2, 0.25) is 0 Å². The summed E-state index contributed by atoms with van der Waals surface area (Å²) in [5, 5.41) is 13.5. The van der Waals surface area contributed by atoms with E-state index in [-0.39, 0.29) is 22.4 Å². The topological polar surface area (TPSA) is 55.2 Å².